The average molecular weight is 472 g/mol. The van der Waals surface area contributed by atoms with Crippen molar-refractivity contribution in [2.24, 2.45) is 0 Å². The molecule has 0 amide bonds. The Morgan fingerprint density at radius 2 is 1.19 bits per heavy atom. The molecule has 0 spiro atoms. The maximum absolute atomic E-state index is 9.23. The SMILES string of the molecule is N#Cc1ccc(N(c2ccc(-c3ccc4c5c(cccc35)-c3ccccc3-4)cc2)c2cccnc2)cc1. The van der Waals surface area contributed by atoms with E-state index in [-0.39, 0.29) is 0 Å². The molecule has 0 bridgehead atoms. The molecule has 5 aromatic carbocycles. The topological polar surface area (TPSA) is 39.9 Å². The van der Waals surface area contributed by atoms with E-state index in [1.165, 1.54) is 44.2 Å². The lowest BCUT2D eigenvalue weighted by molar-refractivity contribution is 1.23. The van der Waals surface area contributed by atoms with Gasteiger partial charge in [-0.15, -0.1) is 0 Å². The number of nitriles is 1. The molecule has 0 saturated carbocycles. The zero-order chi connectivity index (χ0) is 24.8. The third-order valence-electron chi connectivity index (χ3n) is 7.14. The molecule has 1 aliphatic rings. The van der Waals surface area contributed by atoms with Crippen molar-refractivity contribution in [3.63, 3.8) is 0 Å². The molecule has 0 atom stereocenters. The number of fused-ring (bicyclic) bond motifs is 3. The fourth-order valence-electron chi connectivity index (χ4n) is 5.47. The van der Waals surface area contributed by atoms with E-state index in [0.717, 1.165) is 17.1 Å². The van der Waals surface area contributed by atoms with E-state index in [1.54, 1.807) is 6.20 Å². The van der Waals surface area contributed by atoms with Crippen LogP contribution in [0.1, 0.15) is 5.56 Å². The first-order valence-electron chi connectivity index (χ1n) is 12.3. The Bertz CT molecular complexity index is 1780. The standard InChI is InChI=1S/C34H21N3/c35-21-23-10-14-25(15-11-23)37(27-5-4-20-36-22-27)26-16-12-24(13-17-26)28-18-19-33-30-7-2-1-6-29(30)32-9-3-8-31(28)34(32)33/h1-20,22H. The summed E-state index contributed by atoms with van der Waals surface area (Å²) >= 11 is 0. The molecule has 0 N–H and O–H groups in total. The maximum Gasteiger partial charge on any atom is 0.0991 e. The van der Waals surface area contributed by atoms with Crippen LogP contribution in [0, 0.1) is 11.3 Å². The number of nitrogens with zero attached hydrogens (tertiary/aromatic N) is 3. The molecule has 7 rings (SSSR count). The molecule has 6 aromatic rings. The number of anilines is 3. The predicted octanol–water partition coefficient (Wildman–Crippen LogP) is 8.89. The fraction of sp³-hybridized carbons (Fsp3) is 0. The van der Waals surface area contributed by atoms with Gasteiger partial charge in [0.2, 0.25) is 0 Å². The quantitative estimate of drug-likeness (QED) is 0.257. The van der Waals surface area contributed by atoms with Gasteiger partial charge in [0, 0.05) is 17.6 Å². The minimum Gasteiger partial charge on any atom is -0.309 e. The number of rotatable bonds is 4. The summed E-state index contributed by atoms with van der Waals surface area (Å²) in [5.74, 6) is 0. The monoisotopic (exact) mass is 471 g/mol. The van der Waals surface area contributed by atoms with Crippen molar-refractivity contribution in [2.45, 2.75) is 0 Å². The van der Waals surface area contributed by atoms with E-state index in [1.807, 2.05) is 42.6 Å². The first-order chi connectivity index (χ1) is 18.3. The summed E-state index contributed by atoms with van der Waals surface area (Å²) in [6, 6.07) is 42.3. The molecule has 0 radical (unpaired) electrons. The third kappa shape index (κ3) is 3.39. The lowest BCUT2D eigenvalue weighted by Gasteiger charge is -2.25. The van der Waals surface area contributed by atoms with Crippen LogP contribution in [-0.2, 0) is 0 Å². The highest BCUT2D eigenvalue weighted by molar-refractivity contribution is 6.18. The van der Waals surface area contributed by atoms with Crippen LogP contribution in [-0.4, -0.2) is 4.98 Å². The number of aromatic nitrogens is 1. The van der Waals surface area contributed by atoms with Crippen LogP contribution in [0.2, 0.25) is 0 Å². The smallest absolute Gasteiger partial charge is 0.0991 e. The van der Waals surface area contributed by atoms with Gasteiger partial charge in [0.05, 0.1) is 23.5 Å². The molecule has 3 heteroatoms. The Morgan fingerprint density at radius 3 is 1.86 bits per heavy atom. The van der Waals surface area contributed by atoms with Gasteiger partial charge in [-0.25, -0.2) is 0 Å². The zero-order valence-electron chi connectivity index (χ0n) is 20.0. The molecule has 37 heavy (non-hydrogen) atoms. The zero-order valence-corrected chi connectivity index (χ0v) is 20.0. The Balaban J connectivity index is 1.33. The van der Waals surface area contributed by atoms with Gasteiger partial charge in [0.25, 0.3) is 0 Å². The molecule has 0 saturated heterocycles. The van der Waals surface area contributed by atoms with Crippen molar-refractivity contribution in [1.82, 2.24) is 4.98 Å². The van der Waals surface area contributed by atoms with Crippen molar-refractivity contribution in [3.05, 3.63) is 133 Å². The van der Waals surface area contributed by atoms with Gasteiger partial charge in [-0.3, -0.25) is 4.98 Å². The third-order valence-corrected chi connectivity index (χ3v) is 7.14. The fourth-order valence-corrected chi connectivity index (χ4v) is 5.47. The van der Waals surface area contributed by atoms with Gasteiger partial charge in [0.1, 0.15) is 0 Å². The van der Waals surface area contributed by atoms with Crippen LogP contribution >= 0.6 is 0 Å². The van der Waals surface area contributed by atoms with Gasteiger partial charge < -0.3 is 4.90 Å². The summed E-state index contributed by atoms with van der Waals surface area (Å²) in [6.07, 6.45) is 3.63. The Hall–Kier alpha value is -5.20. The first kappa shape index (κ1) is 21.1. The normalized spacial score (nSPS) is 11.2. The van der Waals surface area contributed by atoms with E-state index < -0.39 is 0 Å². The minimum atomic E-state index is 0.638. The molecule has 0 aliphatic heterocycles. The lowest BCUT2D eigenvalue weighted by atomic mass is 9.94. The molecule has 0 unspecified atom stereocenters. The predicted molar refractivity (Wildman–Crippen MR) is 151 cm³/mol. The largest absolute Gasteiger partial charge is 0.309 e. The summed E-state index contributed by atoms with van der Waals surface area (Å²) in [4.78, 5) is 6.49. The van der Waals surface area contributed by atoms with E-state index in [4.69, 9.17) is 0 Å². The van der Waals surface area contributed by atoms with Crippen LogP contribution in [0.4, 0.5) is 17.1 Å². The number of benzene rings is 5. The van der Waals surface area contributed by atoms with Gasteiger partial charge >= 0.3 is 0 Å². The summed E-state index contributed by atoms with van der Waals surface area (Å²) < 4.78 is 0. The molecule has 1 heterocycles. The molecule has 1 aromatic heterocycles. The van der Waals surface area contributed by atoms with Gasteiger partial charge in [-0.1, -0.05) is 66.7 Å². The maximum atomic E-state index is 9.23. The molecular weight excluding hydrogens is 450 g/mol. The van der Waals surface area contributed by atoms with E-state index >= 15 is 0 Å². The van der Waals surface area contributed by atoms with Crippen molar-refractivity contribution < 1.29 is 0 Å². The van der Waals surface area contributed by atoms with Gasteiger partial charge in [-0.2, -0.15) is 5.26 Å². The van der Waals surface area contributed by atoms with Crippen molar-refractivity contribution in [2.75, 3.05) is 4.90 Å². The van der Waals surface area contributed by atoms with E-state index in [2.05, 4.69) is 94.8 Å². The van der Waals surface area contributed by atoms with Crippen LogP contribution < -0.4 is 4.90 Å². The minimum absolute atomic E-state index is 0.638. The summed E-state index contributed by atoms with van der Waals surface area (Å²) in [5, 5.41) is 11.8. The van der Waals surface area contributed by atoms with Crippen molar-refractivity contribution in [1.29, 1.82) is 5.26 Å². The summed E-state index contributed by atoms with van der Waals surface area (Å²) in [6.45, 7) is 0. The number of hydrogen-bond donors (Lipinski definition) is 0. The van der Waals surface area contributed by atoms with E-state index in [9.17, 15) is 5.26 Å². The second-order valence-electron chi connectivity index (χ2n) is 9.19. The van der Waals surface area contributed by atoms with Crippen LogP contribution in [0.15, 0.2) is 128 Å². The number of hydrogen-bond acceptors (Lipinski definition) is 3. The highest BCUT2D eigenvalue weighted by atomic mass is 15.1. The molecule has 1 aliphatic carbocycles. The van der Waals surface area contributed by atoms with Gasteiger partial charge in [0.15, 0.2) is 0 Å². The molecular formula is C34H21N3. The van der Waals surface area contributed by atoms with E-state index in [0.29, 0.717) is 5.56 Å². The number of pyridine rings is 1. The first-order valence-corrected chi connectivity index (χ1v) is 12.3. The van der Waals surface area contributed by atoms with Crippen LogP contribution in [0.3, 0.4) is 0 Å². The summed E-state index contributed by atoms with van der Waals surface area (Å²) in [7, 11) is 0. The Labute approximate surface area is 215 Å². The highest BCUT2D eigenvalue weighted by Gasteiger charge is 2.22. The molecule has 172 valence electrons. The Kier molecular flexibility index (Phi) is 4.84. The second kappa shape index (κ2) is 8.48. The van der Waals surface area contributed by atoms with Crippen LogP contribution in [0.25, 0.3) is 44.2 Å². The molecule has 3 nitrogen and oxygen atoms in total. The Morgan fingerprint density at radius 1 is 0.541 bits per heavy atom. The highest BCUT2D eigenvalue weighted by Crippen LogP contribution is 2.49. The van der Waals surface area contributed by atoms with Crippen molar-refractivity contribution >= 4 is 27.8 Å². The van der Waals surface area contributed by atoms with Crippen LogP contribution in [0.5, 0.6) is 0 Å². The second-order valence-corrected chi connectivity index (χ2v) is 9.19. The van der Waals surface area contributed by atoms with Gasteiger partial charge in [-0.05, 0) is 92.7 Å². The van der Waals surface area contributed by atoms with Crippen molar-refractivity contribution in [3.8, 4) is 39.4 Å². The average Bonchev–Trinajstić information content (AvgIpc) is 3.30. The lowest BCUT2D eigenvalue weighted by Crippen LogP contribution is -2.10. The summed E-state index contributed by atoms with van der Waals surface area (Å²) in [5.41, 5.74) is 11.2. The molecule has 0 fully saturated rings.